The van der Waals surface area contributed by atoms with E-state index in [1.807, 2.05) is 83.4 Å². The minimum atomic E-state index is -0.477. The second-order valence-corrected chi connectivity index (χ2v) is 8.53. The van der Waals surface area contributed by atoms with Crippen LogP contribution in [-0.2, 0) is 11.4 Å². The number of thioether (sulfide) groups is 1. The van der Waals surface area contributed by atoms with E-state index in [0.717, 1.165) is 22.6 Å². The van der Waals surface area contributed by atoms with Crippen LogP contribution in [0.4, 0.5) is 0 Å². The molecule has 1 aromatic heterocycles. The number of nitrogens with zero attached hydrogens (tertiary/aromatic N) is 3. The molecule has 0 aliphatic rings. The molecule has 7 nitrogen and oxygen atoms in total. The average molecular weight is 461 g/mol. The summed E-state index contributed by atoms with van der Waals surface area (Å²) >= 11 is 1.24. The molecule has 33 heavy (non-hydrogen) atoms. The lowest BCUT2D eigenvalue weighted by molar-refractivity contribution is -0.117. The van der Waals surface area contributed by atoms with Gasteiger partial charge in [-0.25, -0.2) is 0 Å². The molecule has 4 aromatic rings. The van der Waals surface area contributed by atoms with E-state index in [-0.39, 0.29) is 6.61 Å². The number of aromatic nitrogens is 3. The Kier molecular flexibility index (Phi) is 6.95. The van der Waals surface area contributed by atoms with Crippen molar-refractivity contribution in [1.29, 1.82) is 0 Å². The van der Waals surface area contributed by atoms with Gasteiger partial charge < -0.3 is 15.2 Å². The van der Waals surface area contributed by atoms with Crippen LogP contribution in [0.1, 0.15) is 12.7 Å². The Balaban J connectivity index is 1.69. The molecule has 1 atom stereocenters. The Hall–Kier alpha value is -3.78. The summed E-state index contributed by atoms with van der Waals surface area (Å²) in [6.45, 7) is 1.90. The van der Waals surface area contributed by atoms with Crippen LogP contribution in [0.15, 0.2) is 84.0 Å². The maximum absolute atomic E-state index is 11.7. The van der Waals surface area contributed by atoms with Gasteiger partial charge in [0.05, 0.1) is 18.0 Å². The fourth-order valence-corrected chi connectivity index (χ4v) is 4.16. The first-order chi connectivity index (χ1) is 16.1. The zero-order valence-electron chi connectivity index (χ0n) is 18.3. The van der Waals surface area contributed by atoms with Crippen LogP contribution < -0.4 is 15.2 Å². The van der Waals surface area contributed by atoms with Gasteiger partial charge in [0, 0.05) is 5.56 Å². The largest absolute Gasteiger partial charge is 0.495 e. The van der Waals surface area contributed by atoms with Crippen molar-refractivity contribution in [1.82, 2.24) is 14.8 Å². The normalized spacial score (nSPS) is 11.7. The van der Waals surface area contributed by atoms with Gasteiger partial charge in [0.25, 0.3) is 0 Å². The average Bonchev–Trinajstić information content (AvgIpc) is 3.25. The monoisotopic (exact) mass is 460 g/mol. The second-order valence-electron chi connectivity index (χ2n) is 7.22. The number of ether oxygens (including phenoxy) is 2. The third-order valence-corrected chi connectivity index (χ3v) is 6.10. The number of carbonyl (C=O) groups excluding carboxylic acids is 1. The number of amides is 1. The summed E-state index contributed by atoms with van der Waals surface area (Å²) in [5, 5.41) is 8.72. The Labute approximate surface area is 196 Å². The molecule has 1 heterocycles. The van der Waals surface area contributed by atoms with Crippen LogP contribution in [0, 0.1) is 0 Å². The van der Waals surface area contributed by atoms with Gasteiger partial charge in [-0.3, -0.25) is 9.36 Å². The summed E-state index contributed by atoms with van der Waals surface area (Å²) in [5.74, 6) is 1.53. The van der Waals surface area contributed by atoms with E-state index in [9.17, 15) is 4.79 Å². The summed E-state index contributed by atoms with van der Waals surface area (Å²) in [6.07, 6.45) is 0. The van der Waals surface area contributed by atoms with Crippen LogP contribution in [0.25, 0.3) is 16.8 Å². The molecular formula is C25H24N4O3S. The number of rotatable bonds is 9. The van der Waals surface area contributed by atoms with Crippen LogP contribution in [0.5, 0.6) is 11.5 Å². The number of hydrogen-bond acceptors (Lipinski definition) is 6. The Morgan fingerprint density at radius 2 is 1.64 bits per heavy atom. The number of para-hydroxylation sites is 3. The zero-order valence-corrected chi connectivity index (χ0v) is 19.2. The summed E-state index contributed by atoms with van der Waals surface area (Å²) in [4.78, 5) is 11.7. The van der Waals surface area contributed by atoms with Crippen molar-refractivity contribution < 1.29 is 14.3 Å². The zero-order chi connectivity index (χ0) is 23.2. The molecule has 0 radical (unpaired) electrons. The van der Waals surface area contributed by atoms with Crippen molar-refractivity contribution in [3.05, 3.63) is 84.7 Å². The molecular weight excluding hydrogens is 436 g/mol. The Bertz CT molecular complexity index is 1240. The quantitative estimate of drug-likeness (QED) is 0.370. The van der Waals surface area contributed by atoms with Crippen molar-refractivity contribution in [3.63, 3.8) is 0 Å². The lowest BCUT2D eigenvalue weighted by Crippen LogP contribution is -2.23. The van der Waals surface area contributed by atoms with E-state index >= 15 is 0 Å². The third kappa shape index (κ3) is 5.01. The summed E-state index contributed by atoms with van der Waals surface area (Å²) < 4.78 is 13.6. The molecule has 1 amide bonds. The van der Waals surface area contributed by atoms with E-state index in [2.05, 4.69) is 10.2 Å². The van der Waals surface area contributed by atoms with Gasteiger partial charge in [0.2, 0.25) is 5.91 Å². The molecule has 8 heteroatoms. The van der Waals surface area contributed by atoms with E-state index in [0.29, 0.717) is 16.7 Å². The van der Waals surface area contributed by atoms with Gasteiger partial charge >= 0.3 is 0 Å². The van der Waals surface area contributed by atoms with Gasteiger partial charge in [-0.2, -0.15) is 0 Å². The smallest absolute Gasteiger partial charge is 0.230 e. The highest BCUT2D eigenvalue weighted by molar-refractivity contribution is 8.00. The molecule has 4 rings (SSSR count). The molecule has 0 saturated carbocycles. The van der Waals surface area contributed by atoms with Gasteiger partial charge in [-0.15, -0.1) is 10.2 Å². The number of nitrogens with two attached hydrogens (primary N) is 1. The maximum Gasteiger partial charge on any atom is 0.230 e. The predicted octanol–water partition coefficient (Wildman–Crippen LogP) is 4.49. The van der Waals surface area contributed by atoms with Crippen LogP contribution >= 0.6 is 11.8 Å². The van der Waals surface area contributed by atoms with Crippen molar-refractivity contribution >= 4 is 17.7 Å². The van der Waals surface area contributed by atoms with Gasteiger partial charge in [-0.1, -0.05) is 72.4 Å². The first kappa shape index (κ1) is 22.4. The van der Waals surface area contributed by atoms with E-state index < -0.39 is 11.2 Å². The van der Waals surface area contributed by atoms with Crippen molar-refractivity contribution in [2.45, 2.75) is 23.9 Å². The Morgan fingerprint density at radius 1 is 0.970 bits per heavy atom. The molecule has 0 bridgehead atoms. The van der Waals surface area contributed by atoms with Crippen LogP contribution in [0.3, 0.4) is 0 Å². The van der Waals surface area contributed by atoms with Gasteiger partial charge in [0.15, 0.2) is 11.0 Å². The Morgan fingerprint density at radius 3 is 2.36 bits per heavy atom. The minimum Gasteiger partial charge on any atom is -0.495 e. The van der Waals surface area contributed by atoms with Crippen molar-refractivity contribution in [2.75, 3.05) is 7.11 Å². The van der Waals surface area contributed by atoms with E-state index in [1.165, 1.54) is 11.8 Å². The van der Waals surface area contributed by atoms with E-state index in [1.54, 1.807) is 14.0 Å². The lowest BCUT2D eigenvalue weighted by Gasteiger charge is -2.16. The molecule has 0 saturated heterocycles. The number of benzene rings is 3. The number of hydrogen-bond donors (Lipinski definition) is 1. The molecule has 0 spiro atoms. The van der Waals surface area contributed by atoms with Crippen LogP contribution in [0.2, 0.25) is 0 Å². The predicted molar refractivity (Wildman–Crippen MR) is 129 cm³/mol. The summed E-state index contributed by atoms with van der Waals surface area (Å²) in [7, 11) is 1.61. The topological polar surface area (TPSA) is 92.3 Å². The fourth-order valence-electron chi connectivity index (χ4n) is 3.33. The number of primary amides is 1. The molecule has 0 unspecified atom stereocenters. The first-order valence-corrected chi connectivity index (χ1v) is 11.3. The third-order valence-electron chi connectivity index (χ3n) is 5.04. The lowest BCUT2D eigenvalue weighted by atomic mass is 10.1. The highest BCUT2D eigenvalue weighted by atomic mass is 32.2. The van der Waals surface area contributed by atoms with E-state index in [4.69, 9.17) is 15.2 Å². The van der Waals surface area contributed by atoms with Gasteiger partial charge in [0.1, 0.15) is 18.1 Å². The molecule has 2 N–H and O–H groups in total. The standard InChI is InChI=1S/C25H24N4O3S/c1-17(24(26)30)33-25-28-27-23(29(25)20-13-7-9-15-22(20)31-2)16-32-21-14-8-6-12-19(21)18-10-4-3-5-11-18/h3-15,17H,16H2,1-2H3,(H2,26,30)/t17-/m0/s1. The summed E-state index contributed by atoms with van der Waals surface area (Å²) in [5.41, 5.74) is 8.27. The highest BCUT2D eigenvalue weighted by Gasteiger charge is 2.22. The maximum atomic E-state index is 11.7. The highest BCUT2D eigenvalue weighted by Crippen LogP contribution is 2.33. The molecule has 0 aliphatic heterocycles. The van der Waals surface area contributed by atoms with Crippen molar-refractivity contribution in [3.8, 4) is 28.3 Å². The molecule has 3 aromatic carbocycles. The van der Waals surface area contributed by atoms with Gasteiger partial charge in [-0.05, 0) is 30.7 Å². The summed E-state index contributed by atoms with van der Waals surface area (Å²) in [6, 6.07) is 25.5. The molecule has 0 aliphatic carbocycles. The first-order valence-electron chi connectivity index (χ1n) is 10.4. The van der Waals surface area contributed by atoms with Crippen molar-refractivity contribution in [2.24, 2.45) is 5.73 Å². The number of methoxy groups -OCH3 is 1. The molecule has 0 fully saturated rings. The SMILES string of the molecule is COc1ccccc1-n1c(COc2ccccc2-c2ccccc2)nnc1S[C@@H](C)C(N)=O. The second kappa shape index (κ2) is 10.2. The molecule has 168 valence electrons. The minimum absolute atomic E-state index is 0.167. The number of carbonyl (C=O) groups is 1. The van der Waals surface area contributed by atoms with Crippen LogP contribution in [-0.4, -0.2) is 33.0 Å². The fraction of sp³-hybridized carbons (Fsp3) is 0.160.